The zero-order valence-electron chi connectivity index (χ0n) is 13.8. The van der Waals surface area contributed by atoms with E-state index in [2.05, 4.69) is 5.32 Å². The van der Waals surface area contributed by atoms with Crippen molar-refractivity contribution in [2.45, 2.75) is 44.9 Å². The lowest BCUT2D eigenvalue weighted by molar-refractivity contribution is 0.0241. The highest BCUT2D eigenvalue weighted by atomic mass is 16.5. The molecule has 1 saturated heterocycles. The molecule has 6 heteroatoms. The summed E-state index contributed by atoms with van der Waals surface area (Å²) < 4.78 is 16.2. The first-order valence-corrected chi connectivity index (χ1v) is 7.64. The van der Waals surface area contributed by atoms with E-state index in [-0.39, 0.29) is 17.7 Å². The second-order valence-electron chi connectivity index (χ2n) is 6.21. The third-order valence-corrected chi connectivity index (χ3v) is 4.03. The van der Waals surface area contributed by atoms with Gasteiger partial charge < -0.3 is 24.1 Å². The molecule has 0 aromatic carbocycles. The minimum Gasteiger partial charge on any atom is -0.461 e. The van der Waals surface area contributed by atoms with E-state index in [9.17, 15) is 4.79 Å². The van der Waals surface area contributed by atoms with Crippen molar-refractivity contribution in [2.75, 3.05) is 27.3 Å². The molecule has 1 unspecified atom stereocenters. The molecule has 0 saturated carbocycles. The number of nitrogens with one attached hydrogen (secondary N) is 1. The molecule has 1 aromatic heterocycles. The number of rotatable bonds is 6. The molecule has 2 rings (SSSR count). The summed E-state index contributed by atoms with van der Waals surface area (Å²) in [5.41, 5.74) is -0.374. The van der Waals surface area contributed by atoms with E-state index in [1.807, 2.05) is 30.9 Å². The van der Waals surface area contributed by atoms with E-state index in [0.717, 1.165) is 30.9 Å². The van der Waals surface area contributed by atoms with Crippen LogP contribution < -0.4 is 5.32 Å². The van der Waals surface area contributed by atoms with E-state index < -0.39 is 0 Å². The van der Waals surface area contributed by atoms with Crippen molar-refractivity contribution in [3.8, 4) is 0 Å². The first-order valence-electron chi connectivity index (χ1n) is 7.64. The molecule has 1 fully saturated rings. The lowest BCUT2D eigenvalue weighted by Gasteiger charge is -2.27. The summed E-state index contributed by atoms with van der Waals surface area (Å²) in [4.78, 5) is 14.3. The number of nitrogens with zero attached hydrogens (tertiary/aromatic N) is 1. The molecule has 1 aliphatic heterocycles. The summed E-state index contributed by atoms with van der Waals surface area (Å²) in [5, 5.41) is 2.94. The summed E-state index contributed by atoms with van der Waals surface area (Å²) in [6.07, 6.45) is 1.90. The molecular formula is C16H26N2O4. The van der Waals surface area contributed by atoms with Gasteiger partial charge in [-0.05, 0) is 38.8 Å². The Hall–Kier alpha value is -1.53. The Bertz CT molecular complexity index is 498. The fraction of sp³-hybridized carbons (Fsp3) is 0.688. The number of carbonyl (C=O) groups excluding carboxylic acids is 1. The van der Waals surface area contributed by atoms with Gasteiger partial charge in [0.25, 0.3) is 0 Å². The van der Waals surface area contributed by atoms with Gasteiger partial charge in [0.1, 0.15) is 18.1 Å². The van der Waals surface area contributed by atoms with Crippen molar-refractivity contribution >= 4 is 6.03 Å². The van der Waals surface area contributed by atoms with Crippen molar-refractivity contribution in [1.82, 2.24) is 10.2 Å². The normalized spacial score (nSPS) is 18.7. The Kier molecular flexibility index (Phi) is 5.47. The van der Waals surface area contributed by atoms with Crippen LogP contribution in [0.5, 0.6) is 0 Å². The van der Waals surface area contributed by atoms with Crippen LogP contribution in [-0.2, 0) is 16.1 Å². The number of likely N-dealkylation sites (tertiary alicyclic amines) is 1. The van der Waals surface area contributed by atoms with E-state index in [0.29, 0.717) is 13.2 Å². The summed E-state index contributed by atoms with van der Waals surface area (Å²) in [7, 11) is 3.28. The molecule has 0 radical (unpaired) electrons. The number of carbonyl (C=O) groups is 1. The van der Waals surface area contributed by atoms with Crippen LogP contribution in [0.25, 0.3) is 0 Å². The monoisotopic (exact) mass is 310 g/mol. The molecule has 0 bridgehead atoms. The van der Waals surface area contributed by atoms with Gasteiger partial charge in [-0.15, -0.1) is 0 Å². The summed E-state index contributed by atoms with van der Waals surface area (Å²) in [6, 6.07) is 3.76. The molecular weight excluding hydrogens is 284 g/mol. The number of hydrogen-bond donors (Lipinski definition) is 1. The molecule has 1 aliphatic rings. The lowest BCUT2D eigenvalue weighted by atomic mass is 10.1. The van der Waals surface area contributed by atoms with Gasteiger partial charge in [0.05, 0.1) is 11.6 Å². The van der Waals surface area contributed by atoms with Crippen molar-refractivity contribution in [2.24, 2.45) is 0 Å². The van der Waals surface area contributed by atoms with E-state index >= 15 is 0 Å². The molecule has 2 amide bonds. The van der Waals surface area contributed by atoms with Crippen LogP contribution >= 0.6 is 0 Å². The van der Waals surface area contributed by atoms with Gasteiger partial charge in [0.2, 0.25) is 0 Å². The highest BCUT2D eigenvalue weighted by Crippen LogP contribution is 2.33. The molecule has 1 atom stereocenters. The van der Waals surface area contributed by atoms with E-state index in [4.69, 9.17) is 13.9 Å². The van der Waals surface area contributed by atoms with Crippen molar-refractivity contribution in [3.05, 3.63) is 23.7 Å². The first kappa shape index (κ1) is 16.8. The van der Waals surface area contributed by atoms with Gasteiger partial charge in [0, 0.05) is 27.3 Å². The number of furan rings is 1. The molecule has 1 aromatic rings. The topological polar surface area (TPSA) is 63.9 Å². The smallest absolute Gasteiger partial charge is 0.318 e. The predicted octanol–water partition coefficient (Wildman–Crippen LogP) is 2.70. The third-order valence-electron chi connectivity index (χ3n) is 4.03. The summed E-state index contributed by atoms with van der Waals surface area (Å²) in [5.74, 6) is 1.61. The molecule has 0 aliphatic carbocycles. The van der Waals surface area contributed by atoms with Crippen molar-refractivity contribution < 1.29 is 18.7 Å². The minimum atomic E-state index is -0.374. The number of amides is 2. The van der Waals surface area contributed by atoms with Crippen LogP contribution in [0.4, 0.5) is 4.79 Å². The Labute approximate surface area is 131 Å². The van der Waals surface area contributed by atoms with Crippen LogP contribution in [0.15, 0.2) is 16.5 Å². The second-order valence-corrected chi connectivity index (χ2v) is 6.21. The van der Waals surface area contributed by atoms with Crippen molar-refractivity contribution in [3.63, 3.8) is 0 Å². The number of ether oxygens (including phenoxy) is 2. The van der Waals surface area contributed by atoms with Crippen LogP contribution in [0, 0.1) is 0 Å². The molecule has 6 nitrogen and oxygen atoms in total. The molecule has 2 heterocycles. The maximum Gasteiger partial charge on any atom is 0.318 e. The molecule has 0 spiro atoms. The summed E-state index contributed by atoms with van der Waals surface area (Å²) >= 11 is 0. The van der Waals surface area contributed by atoms with Crippen LogP contribution in [0.3, 0.4) is 0 Å². The zero-order valence-corrected chi connectivity index (χ0v) is 13.8. The van der Waals surface area contributed by atoms with Gasteiger partial charge in [-0.2, -0.15) is 0 Å². The second kappa shape index (κ2) is 7.15. The Balaban J connectivity index is 1.98. The maximum atomic E-state index is 12.4. The highest BCUT2D eigenvalue weighted by molar-refractivity contribution is 5.75. The van der Waals surface area contributed by atoms with Crippen LogP contribution in [-0.4, -0.2) is 43.8 Å². The third kappa shape index (κ3) is 4.01. The average Bonchev–Trinajstić information content (AvgIpc) is 3.13. The summed E-state index contributed by atoms with van der Waals surface area (Å²) in [6.45, 7) is 5.54. The Morgan fingerprint density at radius 3 is 2.91 bits per heavy atom. The van der Waals surface area contributed by atoms with Gasteiger partial charge >= 0.3 is 6.03 Å². The van der Waals surface area contributed by atoms with Gasteiger partial charge in [-0.3, -0.25) is 0 Å². The number of methoxy groups -OCH3 is 2. The largest absolute Gasteiger partial charge is 0.461 e. The maximum absolute atomic E-state index is 12.4. The fourth-order valence-corrected chi connectivity index (χ4v) is 2.56. The average molecular weight is 310 g/mol. The Morgan fingerprint density at radius 1 is 1.45 bits per heavy atom. The number of urea groups is 1. The standard InChI is InChI=1S/C16H26N2O4/c1-16(2,21-4)11-17-15(19)18-9-5-6-13(18)14-8-7-12(22-14)10-20-3/h7-8,13H,5-6,9-11H2,1-4H3,(H,17,19). The quantitative estimate of drug-likeness (QED) is 0.877. The highest BCUT2D eigenvalue weighted by Gasteiger charge is 2.32. The Morgan fingerprint density at radius 2 is 2.23 bits per heavy atom. The van der Waals surface area contributed by atoms with Gasteiger partial charge in [0.15, 0.2) is 0 Å². The van der Waals surface area contributed by atoms with Gasteiger partial charge in [-0.1, -0.05) is 0 Å². The minimum absolute atomic E-state index is 0.00346. The number of hydrogen-bond acceptors (Lipinski definition) is 4. The molecule has 1 N–H and O–H groups in total. The first-order chi connectivity index (χ1) is 10.5. The molecule has 22 heavy (non-hydrogen) atoms. The fourth-order valence-electron chi connectivity index (χ4n) is 2.56. The van der Waals surface area contributed by atoms with E-state index in [1.54, 1.807) is 14.2 Å². The zero-order chi connectivity index (χ0) is 16.2. The van der Waals surface area contributed by atoms with Crippen LogP contribution in [0.2, 0.25) is 0 Å². The van der Waals surface area contributed by atoms with Gasteiger partial charge in [-0.25, -0.2) is 4.79 Å². The van der Waals surface area contributed by atoms with Crippen LogP contribution in [0.1, 0.15) is 44.3 Å². The predicted molar refractivity (Wildman–Crippen MR) is 82.6 cm³/mol. The lowest BCUT2D eigenvalue weighted by Crippen LogP contribution is -2.46. The van der Waals surface area contributed by atoms with E-state index in [1.165, 1.54) is 0 Å². The molecule has 124 valence electrons. The SMILES string of the molecule is COCc1ccc(C2CCCN2C(=O)NCC(C)(C)OC)o1. The van der Waals surface area contributed by atoms with Crippen molar-refractivity contribution in [1.29, 1.82) is 0 Å².